The van der Waals surface area contributed by atoms with Gasteiger partial charge in [-0.3, -0.25) is 14.9 Å². The number of hydrogen-bond donors (Lipinski definition) is 4. The molecule has 0 saturated carbocycles. The van der Waals surface area contributed by atoms with Crippen LogP contribution in [0.4, 0.5) is 11.4 Å². The van der Waals surface area contributed by atoms with Gasteiger partial charge in [0.1, 0.15) is 11.3 Å². The van der Waals surface area contributed by atoms with Crippen LogP contribution < -0.4 is 20.7 Å². The van der Waals surface area contributed by atoms with E-state index in [0.717, 1.165) is 0 Å². The number of ether oxygens (including phenoxy) is 1. The SMILES string of the molecule is COc1ccc(NC(=O)[C@H]2C[C@H](C(C)O)N[C@]23C(=O)Nc2c(Cl)cccc23)cc1. The zero-order valence-electron chi connectivity index (χ0n) is 16.0. The number of aliphatic hydroxyl groups is 1. The standard InChI is InChI=1S/C21H22ClN3O4/c1-11(26)17-10-15(19(27)23-12-6-8-13(29-2)9-7-12)21(25-17)14-4-3-5-16(22)18(14)24-20(21)28/h3-9,11,15,17,25-26H,10H2,1-2H3,(H,23,27)(H,24,28)/t11?,15-,17-,21+/m1/s1. The maximum atomic E-state index is 13.3. The third kappa shape index (κ3) is 3.15. The zero-order chi connectivity index (χ0) is 20.8. The van der Waals surface area contributed by atoms with Crippen LogP contribution in [0.15, 0.2) is 42.5 Å². The molecule has 4 N–H and O–H groups in total. The summed E-state index contributed by atoms with van der Waals surface area (Å²) >= 11 is 6.28. The first-order valence-electron chi connectivity index (χ1n) is 9.38. The lowest BCUT2D eigenvalue weighted by Gasteiger charge is -2.29. The lowest BCUT2D eigenvalue weighted by Crippen LogP contribution is -2.53. The summed E-state index contributed by atoms with van der Waals surface area (Å²) in [6.07, 6.45) is -0.430. The molecule has 1 saturated heterocycles. The molecule has 2 aliphatic rings. The number of carbonyl (C=O) groups excluding carboxylic acids is 2. The lowest BCUT2D eigenvalue weighted by molar-refractivity contribution is -0.130. The van der Waals surface area contributed by atoms with Crippen molar-refractivity contribution in [1.29, 1.82) is 0 Å². The topological polar surface area (TPSA) is 99.7 Å². The normalized spacial score (nSPS) is 26.1. The van der Waals surface area contributed by atoms with Gasteiger partial charge in [-0.1, -0.05) is 23.7 Å². The minimum atomic E-state index is -1.29. The van der Waals surface area contributed by atoms with Crippen LogP contribution in [0.25, 0.3) is 0 Å². The van der Waals surface area contributed by atoms with Crippen LogP contribution in [-0.4, -0.2) is 36.2 Å². The third-order valence-corrected chi connectivity index (χ3v) is 6.03. The van der Waals surface area contributed by atoms with Crippen LogP contribution in [0.3, 0.4) is 0 Å². The number of carbonyl (C=O) groups is 2. The predicted octanol–water partition coefficient (Wildman–Crippen LogP) is 2.49. The smallest absolute Gasteiger partial charge is 0.250 e. The largest absolute Gasteiger partial charge is 0.497 e. The van der Waals surface area contributed by atoms with E-state index in [-0.39, 0.29) is 11.8 Å². The molecule has 0 aliphatic carbocycles. The molecule has 1 fully saturated rings. The number of rotatable bonds is 4. The van der Waals surface area contributed by atoms with E-state index in [1.165, 1.54) is 0 Å². The molecule has 0 radical (unpaired) electrons. The van der Waals surface area contributed by atoms with E-state index in [4.69, 9.17) is 16.3 Å². The Morgan fingerprint density at radius 1 is 1.31 bits per heavy atom. The number of aliphatic hydroxyl groups excluding tert-OH is 1. The zero-order valence-corrected chi connectivity index (χ0v) is 16.8. The molecule has 2 heterocycles. The highest BCUT2D eigenvalue weighted by molar-refractivity contribution is 6.35. The summed E-state index contributed by atoms with van der Waals surface area (Å²) in [4.78, 5) is 26.4. The van der Waals surface area contributed by atoms with Crippen LogP contribution in [0.2, 0.25) is 5.02 Å². The molecule has 0 aromatic heterocycles. The van der Waals surface area contributed by atoms with Gasteiger partial charge in [-0.25, -0.2) is 0 Å². The molecule has 8 heteroatoms. The van der Waals surface area contributed by atoms with Gasteiger partial charge in [0.15, 0.2) is 0 Å². The van der Waals surface area contributed by atoms with Crippen molar-refractivity contribution >= 4 is 34.8 Å². The number of nitrogens with one attached hydrogen (secondary N) is 3. The summed E-state index contributed by atoms with van der Waals surface area (Å²) in [7, 11) is 1.57. The summed E-state index contributed by atoms with van der Waals surface area (Å²) in [5.41, 5.74) is 0.419. The average molecular weight is 416 g/mol. The van der Waals surface area contributed by atoms with E-state index in [0.29, 0.717) is 34.1 Å². The van der Waals surface area contributed by atoms with Crippen molar-refractivity contribution in [3.05, 3.63) is 53.1 Å². The second-order valence-corrected chi connectivity index (χ2v) is 7.83. The van der Waals surface area contributed by atoms with Gasteiger partial charge in [0.05, 0.1) is 29.8 Å². The Hall–Kier alpha value is -2.61. The molecule has 7 nitrogen and oxygen atoms in total. The number of anilines is 2. The molecule has 1 unspecified atom stereocenters. The number of fused-ring (bicyclic) bond motifs is 2. The number of amides is 2. The molecular weight excluding hydrogens is 394 g/mol. The van der Waals surface area contributed by atoms with Gasteiger partial charge in [-0.05, 0) is 43.7 Å². The molecule has 2 aliphatic heterocycles. The Kier molecular flexibility index (Phi) is 4.98. The van der Waals surface area contributed by atoms with E-state index in [1.54, 1.807) is 56.5 Å². The highest BCUT2D eigenvalue weighted by atomic mass is 35.5. The first-order chi connectivity index (χ1) is 13.9. The average Bonchev–Trinajstić information content (AvgIpc) is 3.24. The summed E-state index contributed by atoms with van der Waals surface area (Å²) in [5.74, 6) is -0.716. The predicted molar refractivity (Wildman–Crippen MR) is 110 cm³/mol. The number of benzene rings is 2. The number of hydrogen-bond acceptors (Lipinski definition) is 5. The van der Waals surface area contributed by atoms with E-state index in [1.807, 2.05) is 0 Å². The maximum absolute atomic E-state index is 13.3. The van der Waals surface area contributed by atoms with E-state index >= 15 is 0 Å². The molecule has 0 bridgehead atoms. The Bertz CT molecular complexity index is 963. The Morgan fingerprint density at radius 3 is 2.69 bits per heavy atom. The fourth-order valence-corrected chi connectivity index (χ4v) is 4.43. The van der Waals surface area contributed by atoms with E-state index < -0.39 is 23.6 Å². The maximum Gasteiger partial charge on any atom is 0.250 e. The Labute approximate surface area is 173 Å². The first kappa shape index (κ1) is 19.7. The highest BCUT2D eigenvalue weighted by Crippen LogP contribution is 2.49. The molecule has 152 valence electrons. The van der Waals surface area contributed by atoms with Gasteiger partial charge in [0.2, 0.25) is 11.8 Å². The second-order valence-electron chi connectivity index (χ2n) is 7.42. The number of methoxy groups -OCH3 is 1. The van der Waals surface area contributed by atoms with Crippen molar-refractivity contribution in [3.8, 4) is 5.75 Å². The van der Waals surface area contributed by atoms with Crippen LogP contribution in [0.5, 0.6) is 5.75 Å². The monoisotopic (exact) mass is 415 g/mol. The van der Waals surface area contributed by atoms with Gasteiger partial charge in [-0.2, -0.15) is 0 Å². The van der Waals surface area contributed by atoms with Gasteiger partial charge in [0.25, 0.3) is 0 Å². The van der Waals surface area contributed by atoms with Crippen LogP contribution in [-0.2, 0) is 15.1 Å². The molecule has 4 rings (SSSR count). The molecule has 2 aromatic rings. The fourth-order valence-electron chi connectivity index (χ4n) is 4.21. The fraction of sp³-hybridized carbons (Fsp3) is 0.333. The van der Waals surface area contributed by atoms with E-state index in [9.17, 15) is 14.7 Å². The summed E-state index contributed by atoms with van der Waals surface area (Å²) in [6, 6.07) is 11.8. The molecule has 2 amide bonds. The van der Waals surface area contributed by atoms with Crippen LogP contribution in [0, 0.1) is 5.92 Å². The van der Waals surface area contributed by atoms with Crippen LogP contribution >= 0.6 is 11.6 Å². The second kappa shape index (κ2) is 7.33. The van der Waals surface area contributed by atoms with Gasteiger partial charge < -0.3 is 20.5 Å². The highest BCUT2D eigenvalue weighted by Gasteiger charge is 2.61. The lowest BCUT2D eigenvalue weighted by atomic mass is 9.79. The van der Waals surface area contributed by atoms with Crippen LogP contribution in [0.1, 0.15) is 18.9 Å². The molecular formula is C21H22ClN3O4. The molecule has 1 spiro atoms. The van der Waals surface area contributed by atoms with Gasteiger partial charge in [0, 0.05) is 17.3 Å². The third-order valence-electron chi connectivity index (χ3n) is 5.72. The molecule has 29 heavy (non-hydrogen) atoms. The van der Waals surface area contributed by atoms with Crippen molar-refractivity contribution in [2.45, 2.75) is 31.0 Å². The van der Waals surface area contributed by atoms with Gasteiger partial charge >= 0.3 is 0 Å². The molecule has 4 atom stereocenters. The summed E-state index contributed by atoms with van der Waals surface area (Å²) in [6.45, 7) is 1.64. The Morgan fingerprint density at radius 2 is 2.03 bits per heavy atom. The van der Waals surface area contributed by atoms with Crippen molar-refractivity contribution in [1.82, 2.24) is 5.32 Å². The van der Waals surface area contributed by atoms with Crippen molar-refractivity contribution in [3.63, 3.8) is 0 Å². The number of halogens is 1. The van der Waals surface area contributed by atoms with Crippen molar-refractivity contribution in [2.75, 3.05) is 17.7 Å². The van der Waals surface area contributed by atoms with Gasteiger partial charge in [-0.15, -0.1) is 0 Å². The summed E-state index contributed by atoms with van der Waals surface area (Å²) < 4.78 is 5.14. The number of para-hydroxylation sites is 1. The summed E-state index contributed by atoms with van der Waals surface area (Å²) in [5, 5.41) is 19.5. The first-order valence-corrected chi connectivity index (χ1v) is 9.75. The van der Waals surface area contributed by atoms with E-state index in [2.05, 4.69) is 16.0 Å². The minimum absolute atomic E-state index is 0.305. The quantitative estimate of drug-likeness (QED) is 0.614. The van der Waals surface area contributed by atoms with Crippen molar-refractivity contribution in [2.24, 2.45) is 5.92 Å². The Balaban J connectivity index is 1.71. The van der Waals surface area contributed by atoms with Crippen molar-refractivity contribution < 1.29 is 19.4 Å². The minimum Gasteiger partial charge on any atom is -0.497 e. The molecule has 2 aromatic carbocycles.